The number of rotatable bonds is 9. The molecule has 2 rings (SSSR count). The number of nitro benzene ring substituents is 1. The number of nitrogens with one attached hydrogen (secondary N) is 1. The van der Waals surface area contributed by atoms with Crippen LogP contribution in [0.3, 0.4) is 0 Å². The van der Waals surface area contributed by atoms with E-state index in [1.165, 1.54) is 18.9 Å². The third-order valence-electron chi connectivity index (χ3n) is 3.65. The molecule has 0 spiro atoms. The molecule has 1 N–H and O–H groups in total. The Hall–Kier alpha value is -1.82. The highest BCUT2D eigenvalue weighted by molar-refractivity contribution is 5.58. The predicted octanol–water partition coefficient (Wildman–Crippen LogP) is 2.89. The first-order valence-electron chi connectivity index (χ1n) is 7.54. The third kappa shape index (κ3) is 4.32. The van der Waals surface area contributed by atoms with Crippen molar-refractivity contribution < 1.29 is 9.66 Å². The largest absolute Gasteiger partial charge is 0.487 e. The second-order valence-electron chi connectivity index (χ2n) is 5.16. The Morgan fingerprint density at radius 3 is 2.76 bits per heavy atom. The van der Waals surface area contributed by atoms with Gasteiger partial charge in [0, 0.05) is 37.0 Å². The standard InChI is InChI=1S/C15H23N3O3/c1-3-17(13-6-7-13)10-9-16-12-5-8-14(18(19)20)15(11-12)21-4-2/h5,8,11,13,16H,3-4,6-7,9-10H2,1-2H3. The normalized spacial score (nSPS) is 14.2. The molecular weight excluding hydrogens is 270 g/mol. The Bertz CT molecular complexity index is 489. The smallest absolute Gasteiger partial charge is 0.311 e. The van der Waals surface area contributed by atoms with Gasteiger partial charge in [0.1, 0.15) is 0 Å². The van der Waals surface area contributed by atoms with Crippen LogP contribution in [0, 0.1) is 10.1 Å². The van der Waals surface area contributed by atoms with Gasteiger partial charge >= 0.3 is 5.69 Å². The highest BCUT2D eigenvalue weighted by Crippen LogP contribution is 2.30. The van der Waals surface area contributed by atoms with E-state index in [4.69, 9.17) is 4.74 Å². The zero-order valence-corrected chi connectivity index (χ0v) is 12.7. The molecule has 1 aliphatic carbocycles. The molecule has 0 atom stereocenters. The topological polar surface area (TPSA) is 67.6 Å². The highest BCUT2D eigenvalue weighted by atomic mass is 16.6. The van der Waals surface area contributed by atoms with Gasteiger partial charge in [0.05, 0.1) is 11.5 Å². The molecule has 6 nitrogen and oxygen atoms in total. The molecule has 0 heterocycles. The molecule has 21 heavy (non-hydrogen) atoms. The average molecular weight is 293 g/mol. The van der Waals surface area contributed by atoms with Gasteiger partial charge in [0.25, 0.3) is 0 Å². The van der Waals surface area contributed by atoms with E-state index in [9.17, 15) is 10.1 Å². The van der Waals surface area contributed by atoms with Crippen LogP contribution in [-0.4, -0.2) is 42.1 Å². The van der Waals surface area contributed by atoms with Crippen molar-refractivity contribution in [2.24, 2.45) is 0 Å². The van der Waals surface area contributed by atoms with Crippen LogP contribution >= 0.6 is 0 Å². The predicted molar refractivity (Wildman–Crippen MR) is 83.0 cm³/mol. The van der Waals surface area contributed by atoms with E-state index in [1.54, 1.807) is 12.1 Å². The van der Waals surface area contributed by atoms with Crippen LogP contribution in [0.5, 0.6) is 5.75 Å². The van der Waals surface area contributed by atoms with E-state index in [2.05, 4.69) is 17.1 Å². The van der Waals surface area contributed by atoms with Crippen LogP contribution in [0.25, 0.3) is 0 Å². The first-order chi connectivity index (χ1) is 10.2. The highest BCUT2D eigenvalue weighted by Gasteiger charge is 2.27. The molecule has 0 bridgehead atoms. The Balaban J connectivity index is 1.93. The summed E-state index contributed by atoms with van der Waals surface area (Å²) in [5.41, 5.74) is 0.867. The fourth-order valence-corrected chi connectivity index (χ4v) is 2.43. The van der Waals surface area contributed by atoms with E-state index in [1.807, 2.05) is 6.92 Å². The molecule has 0 amide bonds. The summed E-state index contributed by atoms with van der Waals surface area (Å²) in [7, 11) is 0. The number of nitro groups is 1. The van der Waals surface area contributed by atoms with E-state index in [0.717, 1.165) is 31.4 Å². The molecule has 116 valence electrons. The van der Waals surface area contributed by atoms with Crippen molar-refractivity contribution in [2.75, 3.05) is 31.6 Å². The lowest BCUT2D eigenvalue weighted by atomic mass is 10.2. The summed E-state index contributed by atoms with van der Waals surface area (Å²) in [5.74, 6) is 0.321. The monoisotopic (exact) mass is 293 g/mol. The molecule has 0 aliphatic heterocycles. The molecular formula is C15H23N3O3. The Labute approximate surface area is 125 Å². The molecule has 1 aromatic carbocycles. The first-order valence-corrected chi connectivity index (χ1v) is 7.54. The molecule has 1 aliphatic rings. The Kier molecular flexibility index (Phi) is 5.38. The zero-order chi connectivity index (χ0) is 15.2. The summed E-state index contributed by atoms with van der Waals surface area (Å²) >= 11 is 0. The second kappa shape index (κ2) is 7.26. The summed E-state index contributed by atoms with van der Waals surface area (Å²) < 4.78 is 5.34. The van der Waals surface area contributed by atoms with Crippen molar-refractivity contribution in [1.29, 1.82) is 0 Å². The van der Waals surface area contributed by atoms with Crippen molar-refractivity contribution >= 4 is 11.4 Å². The first kappa shape index (κ1) is 15.6. The lowest BCUT2D eigenvalue weighted by Crippen LogP contribution is -2.30. The minimum Gasteiger partial charge on any atom is -0.487 e. The molecule has 6 heteroatoms. The van der Waals surface area contributed by atoms with Gasteiger partial charge in [-0.05, 0) is 32.4 Å². The molecule has 0 saturated heterocycles. The van der Waals surface area contributed by atoms with Gasteiger partial charge in [-0.3, -0.25) is 15.0 Å². The van der Waals surface area contributed by atoms with Crippen LogP contribution in [-0.2, 0) is 0 Å². The van der Waals surface area contributed by atoms with Gasteiger partial charge < -0.3 is 10.1 Å². The van der Waals surface area contributed by atoms with Gasteiger partial charge in [-0.25, -0.2) is 0 Å². The van der Waals surface area contributed by atoms with Gasteiger partial charge in [0.2, 0.25) is 0 Å². The fraction of sp³-hybridized carbons (Fsp3) is 0.600. The molecule has 1 aromatic rings. The van der Waals surface area contributed by atoms with Crippen molar-refractivity contribution in [3.8, 4) is 5.75 Å². The molecule has 0 radical (unpaired) electrons. The van der Waals surface area contributed by atoms with Crippen LogP contribution < -0.4 is 10.1 Å². The summed E-state index contributed by atoms with van der Waals surface area (Å²) in [6.07, 6.45) is 2.61. The molecule has 1 saturated carbocycles. The minimum absolute atomic E-state index is 0.00978. The summed E-state index contributed by atoms with van der Waals surface area (Å²) in [4.78, 5) is 13.0. The summed E-state index contributed by atoms with van der Waals surface area (Å²) in [6, 6.07) is 5.68. The van der Waals surface area contributed by atoms with E-state index in [0.29, 0.717) is 12.4 Å². The van der Waals surface area contributed by atoms with Gasteiger partial charge in [-0.1, -0.05) is 6.92 Å². The minimum atomic E-state index is -0.416. The van der Waals surface area contributed by atoms with Crippen LogP contribution in [0.15, 0.2) is 18.2 Å². The van der Waals surface area contributed by atoms with E-state index < -0.39 is 4.92 Å². The van der Waals surface area contributed by atoms with Crippen molar-refractivity contribution in [2.45, 2.75) is 32.7 Å². The van der Waals surface area contributed by atoms with Gasteiger partial charge in [0.15, 0.2) is 5.75 Å². The molecule has 1 fully saturated rings. The number of hydrogen-bond acceptors (Lipinski definition) is 5. The number of hydrogen-bond donors (Lipinski definition) is 1. The number of benzene rings is 1. The maximum absolute atomic E-state index is 10.9. The van der Waals surface area contributed by atoms with Crippen molar-refractivity contribution in [3.63, 3.8) is 0 Å². The summed E-state index contributed by atoms with van der Waals surface area (Å²) in [5, 5.41) is 14.2. The average Bonchev–Trinajstić information content (AvgIpc) is 3.28. The van der Waals surface area contributed by atoms with Crippen LogP contribution in [0.4, 0.5) is 11.4 Å². The molecule has 0 unspecified atom stereocenters. The maximum atomic E-state index is 10.9. The fourth-order valence-electron chi connectivity index (χ4n) is 2.43. The van der Waals surface area contributed by atoms with Crippen LogP contribution in [0.2, 0.25) is 0 Å². The zero-order valence-electron chi connectivity index (χ0n) is 12.7. The quantitative estimate of drug-likeness (QED) is 0.560. The van der Waals surface area contributed by atoms with E-state index >= 15 is 0 Å². The van der Waals surface area contributed by atoms with Gasteiger partial charge in [-0.15, -0.1) is 0 Å². The van der Waals surface area contributed by atoms with Crippen LogP contribution in [0.1, 0.15) is 26.7 Å². The second-order valence-corrected chi connectivity index (χ2v) is 5.16. The number of likely N-dealkylation sites (N-methyl/N-ethyl adjacent to an activating group) is 1. The molecule has 0 aromatic heterocycles. The van der Waals surface area contributed by atoms with E-state index in [-0.39, 0.29) is 5.69 Å². The summed E-state index contributed by atoms with van der Waals surface area (Å²) in [6.45, 7) is 7.29. The lowest BCUT2D eigenvalue weighted by Gasteiger charge is -2.20. The maximum Gasteiger partial charge on any atom is 0.311 e. The van der Waals surface area contributed by atoms with Gasteiger partial charge in [-0.2, -0.15) is 0 Å². The number of nitrogens with zero attached hydrogens (tertiary/aromatic N) is 2. The number of anilines is 1. The van der Waals surface area contributed by atoms with Crippen molar-refractivity contribution in [1.82, 2.24) is 4.90 Å². The third-order valence-corrected chi connectivity index (χ3v) is 3.65. The Morgan fingerprint density at radius 2 is 2.19 bits per heavy atom. The SMILES string of the molecule is CCOc1cc(NCCN(CC)C2CC2)ccc1[N+](=O)[O-]. The number of ether oxygens (including phenoxy) is 1. The lowest BCUT2D eigenvalue weighted by molar-refractivity contribution is -0.385. The van der Waals surface area contributed by atoms with Crippen molar-refractivity contribution in [3.05, 3.63) is 28.3 Å². The Morgan fingerprint density at radius 1 is 1.43 bits per heavy atom.